The van der Waals surface area contributed by atoms with Crippen LogP contribution in [0.3, 0.4) is 0 Å². The molecule has 3 aromatic rings. The van der Waals surface area contributed by atoms with Gasteiger partial charge >= 0.3 is 0 Å². The van der Waals surface area contributed by atoms with Crippen LogP contribution in [-0.2, 0) is 0 Å². The van der Waals surface area contributed by atoms with Crippen molar-refractivity contribution in [2.45, 2.75) is 0 Å². The molecule has 0 radical (unpaired) electrons. The van der Waals surface area contributed by atoms with Crippen LogP contribution < -0.4 is 10.5 Å². The van der Waals surface area contributed by atoms with Crippen molar-refractivity contribution in [3.05, 3.63) is 60.4 Å². The molecule has 0 aliphatic rings. The molecule has 0 amide bonds. The number of nitrogens with zero attached hydrogens (tertiary/aromatic N) is 3. The van der Waals surface area contributed by atoms with Crippen molar-refractivity contribution in [3.63, 3.8) is 0 Å². The minimum atomic E-state index is 0.197. The maximum atomic E-state index is 9.41. The molecule has 0 fully saturated rings. The fraction of sp³-hybridized carbons (Fsp3) is 0.0556. The Morgan fingerprint density at radius 3 is 2.52 bits per heavy atom. The normalized spacial score (nSPS) is 10.1. The fourth-order valence-electron chi connectivity index (χ4n) is 2.44. The summed E-state index contributed by atoms with van der Waals surface area (Å²) in [5.74, 6) is 0.896. The topological polar surface area (TPSA) is 84.8 Å². The van der Waals surface area contributed by atoms with Gasteiger partial charge in [-0.05, 0) is 35.9 Å². The molecular weight excluding hydrogens is 288 g/mol. The number of pyridine rings is 2. The van der Waals surface area contributed by atoms with Crippen molar-refractivity contribution in [1.29, 1.82) is 5.26 Å². The molecule has 0 aliphatic carbocycles. The number of anilines is 1. The van der Waals surface area contributed by atoms with E-state index in [2.05, 4.69) is 16.0 Å². The maximum absolute atomic E-state index is 9.41. The molecule has 23 heavy (non-hydrogen) atoms. The van der Waals surface area contributed by atoms with Crippen molar-refractivity contribution in [3.8, 4) is 34.2 Å². The van der Waals surface area contributed by atoms with Crippen LogP contribution in [0.5, 0.6) is 5.75 Å². The summed E-state index contributed by atoms with van der Waals surface area (Å²) in [6.07, 6.45) is 3.35. The second kappa shape index (κ2) is 6.16. The summed E-state index contributed by atoms with van der Waals surface area (Å²) in [6, 6.07) is 15.2. The molecule has 2 heterocycles. The minimum Gasteiger partial charge on any atom is -0.496 e. The predicted molar refractivity (Wildman–Crippen MR) is 88.6 cm³/mol. The minimum absolute atomic E-state index is 0.197. The Balaban J connectivity index is 2.26. The summed E-state index contributed by atoms with van der Waals surface area (Å²) in [5.41, 5.74) is 9.43. The second-order valence-corrected chi connectivity index (χ2v) is 4.86. The fourth-order valence-corrected chi connectivity index (χ4v) is 2.44. The highest BCUT2D eigenvalue weighted by atomic mass is 16.5. The van der Waals surface area contributed by atoms with E-state index in [1.54, 1.807) is 19.5 Å². The predicted octanol–water partition coefficient (Wildman–Crippen LogP) is 3.27. The van der Waals surface area contributed by atoms with Crippen LogP contribution in [0.15, 0.2) is 54.9 Å². The van der Waals surface area contributed by atoms with E-state index in [-0.39, 0.29) is 5.82 Å². The van der Waals surface area contributed by atoms with Crippen molar-refractivity contribution in [1.82, 2.24) is 9.97 Å². The molecular formula is C18H14N4O. The highest BCUT2D eigenvalue weighted by molar-refractivity contribution is 5.81. The van der Waals surface area contributed by atoms with Crippen LogP contribution in [0.4, 0.5) is 5.82 Å². The van der Waals surface area contributed by atoms with Crippen molar-refractivity contribution < 1.29 is 4.74 Å². The summed E-state index contributed by atoms with van der Waals surface area (Å²) in [7, 11) is 1.61. The smallest absolute Gasteiger partial charge is 0.142 e. The molecule has 112 valence electrons. The molecule has 0 bridgehead atoms. The standard InChI is InChI=1S/C18H14N4O/c1-23-17-5-3-2-4-13(17)16-10-14(12-6-8-21-9-7-12)15(11-19)18(20)22-16/h2-10H,1H3,(H2,20,22). The zero-order chi connectivity index (χ0) is 16.2. The van der Waals surface area contributed by atoms with Gasteiger partial charge in [0.15, 0.2) is 0 Å². The number of benzene rings is 1. The molecule has 0 unspecified atom stereocenters. The first kappa shape index (κ1) is 14.5. The Bertz CT molecular complexity index is 885. The van der Waals surface area contributed by atoms with Crippen LogP contribution in [0, 0.1) is 11.3 Å². The zero-order valence-electron chi connectivity index (χ0n) is 12.5. The van der Waals surface area contributed by atoms with Crippen molar-refractivity contribution in [2.75, 3.05) is 12.8 Å². The van der Waals surface area contributed by atoms with E-state index >= 15 is 0 Å². The van der Waals surface area contributed by atoms with Crippen LogP contribution >= 0.6 is 0 Å². The number of hydrogen-bond acceptors (Lipinski definition) is 5. The van der Waals surface area contributed by atoms with E-state index in [4.69, 9.17) is 10.5 Å². The lowest BCUT2D eigenvalue weighted by Gasteiger charge is -2.12. The number of aromatic nitrogens is 2. The van der Waals surface area contributed by atoms with Gasteiger partial charge in [-0.2, -0.15) is 5.26 Å². The van der Waals surface area contributed by atoms with Crippen molar-refractivity contribution >= 4 is 5.82 Å². The van der Waals surface area contributed by atoms with Crippen LogP contribution in [0.25, 0.3) is 22.4 Å². The van der Waals surface area contributed by atoms with Crippen LogP contribution in [-0.4, -0.2) is 17.1 Å². The van der Waals surface area contributed by atoms with Crippen LogP contribution in [0.2, 0.25) is 0 Å². The molecule has 0 spiro atoms. The van der Waals surface area contributed by atoms with Gasteiger partial charge in [0.1, 0.15) is 23.2 Å². The van der Waals surface area contributed by atoms with E-state index in [1.807, 2.05) is 42.5 Å². The lowest BCUT2D eigenvalue weighted by atomic mass is 9.99. The number of hydrogen-bond donors (Lipinski definition) is 1. The van der Waals surface area contributed by atoms with Gasteiger partial charge in [0.05, 0.1) is 12.8 Å². The average Bonchev–Trinajstić information content (AvgIpc) is 2.61. The molecule has 0 atom stereocenters. The van der Waals surface area contributed by atoms with Gasteiger partial charge in [-0.15, -0.1) is 0 Å². The lowest BCUT2D eigenvalue weighted by Crippen LogP contribution is -2.00. The summed E-state index contributed by atoms with van der Waals surface area (Å²) in [4.78, 5) is 8.38. The Morgan fingerprint density at radius 1 is 1.09 bits per heavy atom. The largest absolute Gasteiger partial charge is 0.496 e. The third kappa shape index (κ3) is 2.70. The Hall–Kier alpha value is -3.39. The molecule has 5 nitrogen and oxygen atoms in total. The summed E-state index contributed by atoms with van der Waals surface area (Å²) in [6.45, 7) is 0. The zero-order valence-corrected chi connectivity index (χ0v) is 12.5. The van der Waals surface area contributed by atoms with Gasteiger partial charge in [0.2, 0.25) is 0 Å². The van der Waals surface area contributed by atoms with Gasteiger partial charge in [-0.3, -0.25) is 4.98 Å². The van der Waals surface area contributed by atoms with E-state index < -0.39 is 0 Å². The Labute approximate surface area is 134 Å². The molecule has 0 saturated carbocycles. The van der Waals surface area contributed by atoms with E-state index in [1.165, 1.54) is 0 Å². The van der Waals surface area contributed by atoms with Gasteiger partial charge in [-0.1, -0.05) is 12.1 Å². The lowest BCUT2D eigenvalue weighted by molar-refractivity contribution is 0.416. The first-order chi connectivity index (χ1) is 11.2. The van der Waals surface area contributed by atoms with E-state index in [0.29, 0.717) is 17.0 Å². The average molecular weight is 302 g/mol. The van der Waals surface area contributed by atoms with Crippen LogP contribution in [0.1, 0.15) is 5.56 Å². The number of para-hydroxylation sites is 1. The monoisotopic (exact) mass is 302 g/mol. The highest BCUT2D eigenvalue weighted by Gasteiger charge is 2.15. The SMILES string of the molecule is COc1ccccc1-c1cc(-c2ccncc2)c(C#N)c(N)n1. The number of rotatable bonds is 3. The number of nitriles is 1. The summed E-state index contributed by atoms with van der Waals surface area (Å²) >= 11 is 0. The Morgan fingerprint density at radius 2 is 1.83 bits per heavy atom. The van der Waals surface area contributed by atoms with E-state index in [0.717, 1.165) is 16.7 Å². The van der Waals surface area contributed by atoms with Gasteiger partial charge < -0.3 is 10.5 Å². The Kier molecular flexibility index (Phi) is 3.89. The van der Waals surface area contributed by atoms with E-state index in [9.17, 15) is 5.26 Å². The van der Waals surface area contributed by atoms with Gasteiger partial charge in [-0.25, -0.2) is 4.98 Å². The number of nitrogens with two attached hydrogens (primary N) is 1. The maximum Gasteiger partial charge on any atom is 0.142 e. The summed E-state index contributed by atoms with van der Waals surface area (Å²) in [5, 5.41) is 9.41. The third-order valence-electron chi connectivity index (χ3n) is 3.53. The van der Waals surface area contributed by atoms with Gasteiger partial charge in [0, 0.05) is 23.5 Å². The molecule has 5 heteroatoms. The highest BCUT2D eigenvalue weighted by Crippen LogP contribution is 2.34. The molecule has 1 aromatic carbocycles. The molecule has 2 aromatic heterocycles. The first-order valence-electron chi connectivity index (χ1n) is 6.99. The third-order valence-corrected chi connectivity index (χ3v) is 3.53. The number of nitrogen functional groups attached to an aromatic ring is 1. The molecule has 3 rings (SSSR count). The first-order valence-corrected chi connectivity index (χ1v) is 6.99. The molecule has 0 aliphatic heterocycles. The second-order valence-electron chi connectivity index (χ2n) is 4.86. The quantitative estimate of drug-likeness (QED) is 0.802. The molecule has 2 N–H and O–H groups in total. The molecule has 0 saturated heterocycles. The van der Waals surface area contributed by atoms with Crippen molar-refractivity contribution in [2.24, 2.45) is 0 Å². The number of ether oxygens (including phenoxy) is 1. The number of methoxy groups -OCH3 is 1. The summed E-state index contributed by atoms with van der Waals surface area (Å²) < 4.78 is 5.39. The van der Waals surface area contributed by atoms with Gasteiger partial charge in [0.25, 0.3) is 0 Å².